The van der Waals surface area contributed by atoms with Gasteiger partial charge in [0.15, 0.2) is 6.10 Å². The standard InChI is InChI=1S/C35H49N3O5S/c1-22(2)27-17-16-23(3)18-29(27)43-34(42)37-28(19-25-13-8-7-9-14-25)30(39)33(41)38-21-44-35(5,6)31(38)32(40)36-20-26-15-11-10-12-24(26)4/h7-15,22-23,27-31,39H,16-21H2,1-6H3,(H,36,40)(H,37,42). The van der Waals surface area contributed by atoms with Crippen molar-refractivity contribution >= 4 is 29.7 Å². The number of amides is 3. The number of carbonyl (C=O) groups is 3. The minimum atomic E-state index is -1.57. The SMILES string of the molecule is Cc1ccccc1CNC(=O)C1N(C(=O)C(O)C(Cc2ccccc2)NC(=O)OC2CC(C)CCC2C(C)C)CSC1(C)C. The van der Waals surface area contributed by atoms with Gasteiger partial charge in [-0.15, -0.1) is 11.8 Å². The molecular weight excluding hydrogens is 574 g/mol. The first-order valence-electron chi connectivity index (χ1n) is 15.8. The van der Waals surface area contributed by atoms with Crippen molar-refractivity contribution in [2.45, 2.75) is 103 Å². The molecule has 1 saturated heterocycles. The van der Waals surface area contributed by atoms with Crippen LogP contribution in [0.3, 0.4) is 0 Å². The molecule has 0 aromatic heterocycles. The average molecular weight is 624 g/mol. The van der Waals surface area contributed by atoms with Gasteiger partial charge < -0.3 is 25.4 Å². The molecular formula is C35H49N3O5S. The lowest BCUT2D eigenvalue weighted by Gasteiger charge is -2.37. The van der Waals surface area contributed by atoms with E-state index in [2.05, 4.69) is 31.4 Å². The monoisotopic (exact) mass is 623 g/mol. The van der Waals surface area contributed by atoms with Gasteiger partial charge in [0.2, 0.25) is 5.91 Å². The molecule has 8 nitrogen and oxygen atoms in total. The number of aliphatic hydroxyl groups is 1. The summed E-state index contributed by atoms with van der Waals surface area (Å²) in [5.74, 6) is 0.481. The van der Waals surface area contributed by atoms with Crippen LogP contribution in [0.5, 0.6) is 0 Å². The van der Waals surface area contributed by atoms with Gasteiger partial charge in [-0.25, -0.2) is 4.79 Å². The van der Waals surface area contributed by atoms with Crippen molar-refractivity contribution in [3.63, 3.8) is 0 Å². The number of hydrogen-bond donors (Lipinski definition) is 3. The fraction of sp³-hybridized carbons (Fsp3) is 0.571. The second kappa shape index (κ2) is 14.8. The smallest absolute Gasteiger partial charge is 0.407 e. The number of thioether (sulfide) groups is 1. The Labute approximate surface area is 266 Å². The molecule has 1 aliphatic heterocycles. The van der Waals surface area contributed by atoms with Gasteiger partial charge in [0.05, 0.1) is 11.9 Å². The van der Waals surface area contributed by atoms with Crippen LogP contribution in [0, 0.1) is 24.7 Å². The van der Waals surface area contributed by atoms with E-state index in [0.717, 1.165) is 36.0 Å². The molecule has 0 radical (unpaired) electrons. The Morgan fingerprint density at radius 1 is 1.07 bits per heavy atom. The van der Waals surface area contributed by atoms with Crippen molar-refractivity contribution in [2.75, 3.05) is 5.88 Å². The molecule has 0 spiro atoms. The molecule has 44 heavy (non-hydrogen) atoms. The van der Waals surface area contributed by atoms with Crippen molar-refractivity contribution in [3.05, 3.63) is 71.3 Å². The highest BCUT2D eigenvalue weighted by atomic mass is 32.2. The van der Waals surface area contributed by atoms with Crippen LogP contribution in [0.25, 0.3) is 0 Å². The zero-order chi connectivity index (χ0) is 32.0. The third kappa shape index (κ3) is 8.36. The molecule has 6 atom stereocenters. The van der Waals surface area contributed by atoms with Gasteiger partial charge in [0, 0.05) is 11.3 Å². The van der Waals surface area contributed by atoms with Gasteiger partial charge in [-0.1, -0.05) is 81.8 Å². The minimum Gasteiger partial charge on any atom is -0.446 e. The minimum absolute atomic E-state index is 0.221. The van der Waals surface area contributed by atoms with Crippen LogP contribution in [0.1, 0.15) is 70.6 Å². The van der Waals surface area contributed by atoms with Crippen LogP contribution < -0.4 is 10.6 Å². The number of aryl methyl sites for hydroxylation is 1. The average Bonchev–Trinajstić information content (AvgIpc) is 3.30. The molecule has 1 heterocycles. The Morgan fingerprint density at radius 3 is 2.43 bits per heavy atom. The van der Waals surface area contributed by atoms with Crippen molar-refractivity contribution in [2.24, 2.45) is 17.8 Å². The van der Waals surface area contributed by atoms with E-state index in [-0.39, 0.29) is 30.2 Å². The number of hydrogen-bond acceptors (Lipinski definition) is 6. The highest BCUT2D eigenvalue weighted by Gasteiger charge is 2.50. The summed E-state index contributed by atoms with van der Waals surface area (Å²) >= 11 is 1.49. The zero-order valence-corrected chi connectivity index (χ0v) is 27.7. The first kappa shape index (κ1) is 33.8. The van der Waals surface area contributed by atoms with Crippen molar-refractivity contribution in [1.82, 2.24) is 15.5 Å². The molecule has 240 valence electrons. The second-order valence-corrected chi connectivity index (χ2v) is 15.0. The normalized spacial score (nSPS) is 24.4. The van der Waals surface area contributed by atoms with E-state index in [1.54, 1.807) is 0 Å². The quantitative estimate of drug-likeness (QED) is 0.325. The van der Waals surface area contributed by atoms with Crippen molar-refractivity contribution in [3.8, 4) is 0 Å². The molecule has 2 fully saturated rings. The highest BCUT2D eigenvalue weighted by Crippen LogP contribution is 2.40. The van der Waals surface area contributed by atoms with Crippen LogP contribution >= 0.6 is 11.8 Å². The fourth-order valence-corrected chi connectivity index (χ4v) is 7.67. The second-order valence-electron chi connectivity index (χ2n) is 13.4. The summed E-state index contributed by atoms with van der Waals surface area (Å²) in [6, 6.07) is 15.5. The summed E-state index contributed by atoms with van der Waals surface area (Å²) in [4.78, 5) is 42.3. The molecule has 1 saturated carbocycles. The van der Waals surface area contributed by atoms with E-state index < -0.39 is 34.9 Å². The maximum atomic E-state index is 14.0. The number of rotatable bonds is 10. The van der Waals surface area contributed by atoms with Crippen LogP contribution in [0.4, 0.5) is 4.79 Å². The Hall–Kier alpha value is -3.04. The third-order valence-electron chi connectivity index (χ3n) is 9.25. The molecule has 4 rings (SSSR count). The lowest BCUT2D eigenvalue weighted by molar-refractivity contribution is -0.147. The van der Waals surface area contributed by atoms with Crippen LogP contribution in [0.15, 0.2) is 54.6 Å². The highest BCUT2D eigenvalue weighted by molar-refractivity contribution is 8.00. The summed E-state index contributed by atoms with van der Waals surface area (Å²) < 4.78 is 5.41. The molecule has 2 aromatic carbocycles. The van der Waals surface area contributed by atoms with E-state index in [4.69, 9.17) is 4.74 Å². The number of nitrogens with one attached hydrogen (secondary N) is 2. The number of benzene rings is 2. The molecule has 1 aliphatic carbocycles. The van der Waals surface area contributed by atoms with E-state index in [1.807, 2.05) is 75.4 Å². The summed E-state index contributed by atoms with van der Waals surface area (Å²) in [7, 11) is 0. The first-order chi connectivity index (χ1) is 20.9. The van der Waals surface area contributed by atoms with Gasteiger partial charge in [0.1, 0.15) is 12.1 Å². The van der Waals surface area contributed by atoms with Crippen LogP contribution in [-0.2, 0) is 27.3 Å². The number of aliphatic hydroxyl groups excluding tert-OH is 1. The fourth-order valence-electron chi connectivity index (χ4n) is 6.52. The topological polar surface area (TPSA) is 108 Å². The van der Waals surface area contributed by atoms with Crippen molar-refractivity contribution < 1.29 is 24.2 Å². The maximum absolute atomic E-state index is 14.0. The van der Waals surface area contributed by atoms with Gasteiger partial charge in [0.25, 0.3) is 5.91 Å². The Kier molecular flexibility index (Phi) is 11.4. The zero-order valence-electron chi connectivity index (χ0n) is 26.9. The lowest BCUT2D eigenvalue weighted by Crippen LogP contribution is -2.58. The summed E-state index contributed by atoms with van der Waals surface area (Å²) in [5.41, 5.74) is 2.93. The molecule has 0 bridgehead atoms. The molecule has 6 unspecified atom stereocenters. The largest absolute Gasteiger partial charge is 0.446 e. The van der Waals surface area contributed by atoms with Gasteiger partial charge in [-0.2, -0.15) is 0 Å². The van der Waals surface area contributed by atoms with E-state index >= 15 is 0 Å². The predicted molar refractivity (Wildman–Crippen MR) is 175 cm³/mol. The number of alkyl carbamates (subject to hydrolysis) is 1. The number of nitrogens with zero attached hydrogens (tertiary/aromatic N) is 1. The molecule has 2 aromatic rings. The summed E-state index contributed by atoms with van der Waals surface area (Å²) in [6.45, 7) is 12.7. The Bertz CT molecular complexity index is 1290. The Morgan fingerprint density at radius 2 is 1.75 bits per heavy atom. The van der Waals surface area contributed by atoms with Crippen LogP contribution in [0.2, 0.25) is 0 Å². The molecule has 3 N–H and O–H groups in total. The summed E-state index contributed by atoms with van der Waals surface area (Å²) in [5, 5.41) is 17.4. The first-order valence-corrected chi connectivity index (χ1v) is 16.8. The lowest BCUT2D eigenvalue weighted by atomic mass is 9.75. The van der Waals surface area contributed by atoms with Crippen molar-refractivity contribution in [1.29, 1.82) is 0 Å². The van der Waals surface area contributed by atoms with E-state index in [9.17, 15) is 19.5 Å². The van der Waals surface area contributed by atoms with E-state index in [0.29, 0.717) is 18.4 Å². The van der Waals surface area contributed by atoms with Crippen LogP contribution in [-0.4, -0.2) is 62.8 Å². The van der Waals surface area contributed by atoms with Gasteiger partial charge >= 0.3 is 6.09 Å². The number of carbonyl (C=O) groups excluding carboxylic acids is 3. The third-order valence-corrected chi connectivity index (χ3v) is 10.6. The molecule has 2 aliphatic rings. The molecule has 3 amide bonds. The van der Waals surface area contributed by atoms with Gasteiger partial charge in [-0.05, 0) is 74.5 Å². The molecule has 9 heteroatoms. The predicted octanol–water partition coefficient (Wildman–Crippen LogP) is 5.45. The van der Waals surface area contributed by atoms with Gasteiger partial charge in [-0.3, -0.25) is 9.59 Å². The summed E-state index contributed by atoms with van der Waals surface area (Å²) in [6.07, 6.45) is 0.702. The maximum Gasteiger partial charge on any atom is 0.407 e. The number of ether oxygens (including phenoxy) is 1. The Balaban J connectivity index is 1.50. The van der Waals surface area contributed by atoms with E-state index in [1.165, 1.54) is 16.7 Å².